The average Bonchev–Trinajstić information content (AvgIpc) is 2.87. The number of nitrogens with two attached hydrogens (primary N) is 1. The molecule has 214 valence electrons. The molecule has 1 saturated carbocycles. The third kappa shape index (κ3) is 7.83. The highest BCUT2D eigenvalue weighted by atomic mass is 35.5. The van der Waals surface area contributed by atoms with Gasteiger partial charge in [0.25, 0.3) is 0 Å². The van der Waals surface area contributed by atoms with E-state index in [9.17, 15) is 23.3 Å². The van der Waals surface area contributed by atoms with Crippen LogP contribution in [0.1, 0.15) is 42.5 Å². The van der Waals surface area contributed by atoms with Crippen LogP contribution in [0.4, 0.5) is 30.6 Å². The van der Waals surface area contributed by atoms with Gasteiger partial charge in [-0.05, 0) is 44.1 Å². The van der Waals surface area contributed by atoms with Crippen molar-refractivity contribution in [2.45, 2.75) is 57.6 Å². The number of hydrogen-bond donors (Lipinski definition) is 3. The molecule has 10 nitrogen and oxygen atoms in total. The van der Waals surface area contributed by atoms with Crippen molar-refractivity contribution in [1.82, 2.24) is 20.3 Å². The summed E-state index contributed by atoms with van der Waals surface area (Å²) in [5.74, 6) is -0.607. The number of nitrogens with zero attached hydrogens (tertiary/aromatic N) is 4. The molecule has 0 amide bonds. The minimum Gasteiger partial charge on any atom is -0.405 e. The number of nitro groups is 1. The fourth-order valence-corrected chi connectivity index (χ4v) is 5.19. The van der Waals surface area contributed by atoms with Crippen LogP contribution in [0.15, 0.2) is 36.7 Å². The molecule has 1 aliphatic rings. The number of anilines is 2. The standard InChI is InChI=1S/C25H26Cl2F3N7O3/c26-18-12-32-13-19(27)17(18)11-33-16-7-5-14(6-8-16)9-20-22(37(38)39)23(31)36-24(35-20)34-10-15-3-1-2-4-21(15)40-25(28,29)30/h1-4,12-14,16,33H,5-11H2,(H3,31,34,35,36). The number of rotatable bonds is 10. The van der Waals surface area contributed by atoms with Gasteiger partial charge in [-0.2, -0.15) is 4.98 Å². The number of nitrogens with one attached hydrogen (secondary N) is 2. The predicted molar refractivity (Wildman–Crippen MR) is 144 cm³/mol. The van der Waals surface area contributed by atoms with Gasteiger partial charge in [-0.3, -0.25) is 15.1 Å². The zero-order valence-corrected chi connectivity index (χ0v) is 22.6. The van der Waals surface area contributed by atoms with E-state index in [1.165, 1.54) is 18.2 Å². The van der Waals surface area contributed by atoms with Crippen LogP contribution in [-0.4, -0.2) is 32.3 Å². The summed E-state index contributed by atoms with van der Waals surface area (Å²) >= 11 is 12.4. The summed E-state index contributed by atoms with van der Waals surface area (Å²) in [5, 5.41) is 19.0. The van der Waals surface area contributed by atoms with Crippen molar-refractivity contribution in [3.05, 3.63) is 73.6 Å². The summed E-state index contributed by atoms with van der Waals surface area (Å²) in [7, 11) is 0. The second kappa shape index (κ2) is 12.8. The first-order valence-corrected chi connectivity index (χ1v) is 13.1. The van der Waals surface area contributed by atoms with E-state index in [0.717, 1.165) is 31.2 Å². The van der Waals surface area contributed by atoms with Crippen LogP contribution in [0.5, 0.6) is 5.75 Å². The monoisotopic (exact) mass is 599 g/mol. The number of para-hydroxylation sites is 1. The maximum atomic E-state index is 12.7. The van der Waals surface area contributed by atoms with E-state index in [-0.39, 0.29) is 53.0 Å². The second-order valence-electron chi connectivity index (χ2n) is 9.38. The van der Waals surface area contributed by atoms with Crippen molar-refractivity contribution < 1.29 is 22.8 Å². The highest BCUT2D eigenvalue weighted by Crippen LogP contribution is 2.33. The molecule has 4 N–H and O–H groups in total. The quantitative estimate of drug-likeness (QED) is 0.187. The zero-order valence-electron chi connectivity index (χ0n) is 21.0. The molecule has 0 aliphatic heterocycles. The van der Waals surface area contributed by atoms with Crippen LogP contribution in [-0.2, 0) is 19.5 Å². The van der Waals surface area contributed by atoms with Crippen molar-refractivity contribution in [3.63, 3.8) is 0 Å². The molecule has 2 aromatic heterocycles. The lowest BCUT2D eigenvalue weighted by Crippen LogP contribution is -2.33. The summed E-state index contributed by atoms with van der Waals surface area (Å²) < 4.78 is 42.3. The molecule has 4 rings (SSSR count). The molecule has 2 heterocycles. The Morgan fingerprint density at radius 1 is 1.07 bits per heavy atom. The van der Waals surface area contributed by atoms with Gasteiger partial charge in [-0.1, -0.05) is 41.4 Å². The molecule has 1 aliphatic carbocycles. The topological polar surface area (TPSA) is 141 Å². The van der Waals surface area contributed by atoms with E-state index in [2.05, 4.69) is 30.3 Å². The van der Waals surface area contributed by atoms with E-state index in [0.29, 0.717) is 23.0 Å². The fourth-order valence-electron chi connectivity index (χ4n) is 4.69. The first-order valence-electron chi connectivity index (χ1n) is 12.4. The normalized spacial score (nSPS) is 17.4. The molecule has 3 aromatic rings. The van der Waals surface area contributed by atoms with Gasteiger partial charge >= 0.3 is 12.0 Å². The summed E-state index contributed by atoms with van der Waals surface area (Å²) in [4.78, 5) is 23.4. The van der Waals surface area contributed by atoms with Crippen LogP contribution < -0.4 is 21.1 Å². The number of pyridine rings is 1. The molecule has 15 heteroatoms. The highest BCUT2D eigenvalue weighted by Gasteiger charge is 2.32. The van der Waals surface area contributed by atoms with Gasteiger partial charge in [0.15, 0.2) is 0 Å². The fraction of sp³-hybridized carbons (Fsp3) is 0.400. The third-order valence-electron chi connectivity index (χ3n) is 6.65. The Kier molecular flexibility index (Phi) is 9.48. The maximum absolute atomic E-state index is 12.7. The molecule has 0 atom stereocenters. The Hall–Kier alpha value is -3.42. The molecule has 1 fully saturated rings. The number of benzene rings is 1. The maximum Gasteiger partial charge on any atom is 0.573 e. The van der Waals surface area contributed by atoms with Gasteiger partial charge in [-0.25, -0.2) is 4.98 Å². The minimum atomic E-state index is -4.86. The third-order valence-corrected chi connectivity index (χ3v) is 7.30. The Morgan fingerprint density at radius 2 is 1.75 bits per heavy atom. The molecule has 0 spiro atoms. The summed E-state index contributed by atoms with van der Waals surface area (Å²) in [5.41, 5.74) is 6.69. The summed E-state index contributed by atoms with van der Waals surface area (Å²) in [6.45, 7) is 0.376. The minimum absolute atomic E-state index is 0.0265. The van der Waals surface area contributed by atoms with Crippen LogP contribution in [0.2, 0.25) is 10.0 Å². The average molecular weight is 600 g/mol. The highest BCUT2D eigenvalue weighted by molar-refractivity contribution is 6.35. The van der Waals surface area contributed by atoms with Gasteiger partial charge in [0.1, 0.15) is 11.4 Å². The number of halogens is 5. The number of nitrogen functional groups attached to an aromatic ring is 1. The van der Waals surface area contributed by atoms with Crippen LogP contribution in [0, 0.1) is 16.0 Å². The molecule has 0 radical (unpaired) electrons. The Morgan fingerprint density at radius 3 is 2.40 bits per heavy atom. The summed E-state index contributed by atoms with van der Waals surface area (Å²) in [6, 6.07) is 5.83. The van der Waals surface area contributed by atoms with Crippen LogP contribution >= 0.6 is 23.2 Å². The van der Waals surface area contributed by atoms with E-state index < -0.39 is 11.3 Å². The smallest absolute Gasteiger partial charge is 0.405 e. The Bertz CT molecular complexity index is 1340. The van der Waals surface area contributed by atoms with E-state index in [1.54, 1.807) is 18.5 Å². The zero-order chi connectivity index (χ0) is 28.9. The second-order valence-corrected chi connectivity index (χ2v) is 10.2. The predicted octanol–water partition coefficient (Wildman–Crippen LogP) is 6.07. The first kappa shape index (κ1) is 29.6. The molecular formula is C25H26Cl2F3N7O3. The van der Waals surface area contributed by atoms with E-state index in [1.807, 2.05) is 0 Å². The van der Waals surface area contributed by atoms with Crippen LogP contribution in [0.3, 0.4) is 0 Å². The van der Waals surface area contributed by atoms with Crippen LogP contribution in [0.25, 0.3) is 0 Å². The van der Waals surface area contributed by atoms with E-state index >= 15 is 0 Å². The van der Waals surface area contributed by atoms with Gasteiger partial charge in [0.2, 0.25) is 11.8 Å². The molecule has 40 heavy (non-hydrogen) atoms. The van der Waals surface area contributed by atoms with Crippen molar-refractivity contribution in [2.24, 2.45) is 5.92 Å². The lowest BCUT2D eigenvalue weighted by Gasteiger charge is -2.29. The summed E-state index contributed by atoms with van der Waals surface area (Å²) in [6.07, 6.45) is 1.79. The first-order chi connectivity index (χ1) is 19.0. The van der Waals surface area contributed by atoms with Gasteiger partial charge < -0.3 is 21.1 Å². The van der Waals surface area contributed by atoms with Crippen molar-refractivity contribution in [1.29, 1.82) is 0 Å². The Balaban J connectivity index is 1.40. The van der Waals surface area contributed by atoms with Crippen molar-refractivity contribution in [2.75, 3.05) is 11.1 Å². The Labute approximate surface area is 237 Å². The molecule has 0 bridgehead atoms. The van der Waals surface area contributed by atoms with Crippen molar-refractivity contribution >= 4 is 40.7 Å². The van der Waals surface area contributed by atoms with E-state index in [4.69, 9.17) is 28.9 Å². The lowest BCUT2D eigenvalue weighted by atomic mass is 9.83. The number of alkyl halides is 3. The molecule has 1 aromatic carbocycles. The van der Waals surface area contributed by atoms with Gasteiger partial charge in [0, 0.05) is 42.7 Å². The number of ether oxygens (including phenoxy) is 1. The largest absolute Gasteiger partial charge is 0.573 e. The lowest BCUT2D eigenvalue weighted by molar-refractivity contribution is -0.385. The number of hydrogen-bond acceptors (Lipinski definition) is 9. The molecule has 0 unspecified atom stereocenters. The molecule has 0 saturated heterocycles. The van der Waals surface area contributed by atoms with Crippen molar-refractivity contribution in [3.8, 4) is 5.75 Å². The van der Waals surface area contributed by atoms with Gasteiger partial charge in [-0.15, -0.1) is 13.2 Å². The molecular weight excluding hydrogens is 574 g/mol. The van der Waals surface area contributed by atoms with Gasteiger partial charge in [0.05, 0.1) is 15.0 Å². The number of aromatic nitrogens is 3. The SMILES string of the molecule is Nc1nc(NCc2ccccc2OC(F)(F)F)nc(CC2CCC(NCc3c(Cl)cncc3Cl)CC2)c1[N+](=O)[O-].